The smallest absolute Gasteiger partial charge is 0.303 e. The molecule has 0 radical (unpaired) electrons. The van der Waals surface area contributed by atoms with Crippen LogP contribution in [0.3, 0.4) is 0 Å². The first-order valence-electron chi connectivity index (χ1n) is 13.2. The lowest BCUT2D eigenvalue weighted by molar-refractivity contribution is -0.211. The number of aryl methyl sites for hydroxylation is 1. The van der Waals surface area contributed by atoms with Crippen LogP contribution in [0.4, 0.5) is 0 Å². The average Bonchev–Trinajstić information content (AvgIpc) is 3.34. The second-order valence-electron chi connectivity index (χ2n) is 9.68. The molecule has 1 amide bonds. The molecule has 12 nitrogen and oxygen atoms in total. The van der Waals surface area contributed by atoms with Crippen LogP contribution < -0.4 is 5.32 Å². The molecule has 1 N–H and O–H groups in total. The van der Waals surface area contributed by atoms with E-state index >= 15 is 0 Å². The molecule has 0 spiro atoms. The van der Waals surface area contributed by atoms with E-state index in [4.69, 9.17) is 18.9 Å². The fourth-order valence-electron chi connectivity index (χ4n) is 4.54. The molecule has 3 aromatic rings. The second-order valence-corrected chi connectivity index (χ2v) is 10.7. The van der Waals surface area contributed by atoms with Crippen LogP contribution in [0.25, 0.3) is 17.1 Å². The van der Waals surface area contributed by atoms with E-state index in [-0.39, 0.29) is 6.61 Å². The quantitative estimate of drug-likeness (QED) is 0.287. The molecule has 13 heteroatoms. The van der Waals surface area contributed by atoms with Gasteiger partial charge in [0.25, 0.3) is 0 Å². The predicted molar refractivity (Wildman–Crippen MR) is 151 cm³/mol. The van der Waals surface area contributed by atoms with Crippen LogP contribution >= 0.6 is 11.8 Å². The average molecular weight is 597 g/mol. The number of thioether (sulfide) groups is 1. The Morgan fingerprint density at radius 1 is 0.881 bits per heavy atom. The van der Waals surface area contributed by atoms with Crippen molar-refractivity contribution in [3.63, 3.8) is 0 Å². The van der Waals surface area contributed by atoms with Crippen molar-refractivity contribution < 1.29 is 38.1 Å². The Bertz CT molecular complexity index is 1430. The SMILES string of the molecule is CC(=O)NC1C(Sc2nnc(-c3ccc(C)cc3)n2-c2ccccc2)OC(COC(C)=O)C(OC(C)=O)C1OC(C)=O. The van der Waals surface area contributed by atoms with E-state index in [2.05, 4.69) is 15.5 Å². The molecule has 2 heterocycles. The zero-order valence-corrected chi connectivity index (χ0v) is 24.6. The summed E-state index contributed by atoms with van der Waals surface area (Å²) in [6, 6.07) is 16.3. The summed E-state index contributed by atoms with van der Waals surface area (Å²) in [5.41, 5.74) is 1.75. The van der Waals surface area contributed by atoms with E-state index < -0.39 is 53.6 Å². The number of carbonyl (C=O) groups is 4. The summed E-state index contributed by atoms with van der Waals surface area (Å²) in [5, 5.41) is 12.1. The van der Waals surface area contributed by atoms with Crippen molar-refractivity contribution in [3.05, 3.63) is 60.2 Å². The number of amides is 1. The van der Waals surface area contributed by atoms with E-state index in [0.29, 0.717) is 11.0 Å². The largest absolute Gasteiger partial charge is 0.463 e. The number of rotatable bonds is 9. The molecule has 4 rings (SSSR count). The van der Waals surface area contributed by atoms with E-state index in [1.807, 2.05) is 66.1 Å². The first-order valence-corrected chi connectivity index (χ1v) is 14.1. The zero-order chi connectivity index (χ0) is 30.4. The number of nitrogens with one attached hydrogen (secondary N) is 1. The van der Waals surface area contributed by atoms with Crippen LogP contribution in [0.15, 0.2) is 59.8 Å². The lowest BCUT2D eigenvalue weighted by Crippen LogP contribution is -2.65. The van der Waals surface area contributed by atoms with Crippen molar-refractivity contribution in [2.45, 2.75) is 69.6 Å². The van der Waals surface area contributed by atoms with Gasteiger partial charge in [-0.05, 0) is 19.1 Å². The van der Waals surface area contributed by atoms with Crippen molar-refractivity contribution in [1.29, 1.82) is 0 Å². The van der Waals surface area contributed by atoms with Crippen LogP contribution in [-0.4, -0.2) is 75.0 Å². The fourth-order valence-corrected chi connectivity index (χ4v) is 5.70. The third-order valence-electron chi connectivity index (χ3n) is 6.25. The van der Waals surface area contributed by atoms with Gasteiger partial charge in [-0.1, -0.05) is 59.8 Å². The number of para-hydroxylation sites is 1. The molecule has 5 unspecified atom stereocenters. The Labute approximate surface area is 247 Å². The molecule has 1 aliphatic rings. The first-order chi connectivity index (χ1) is 20.0. The summed E-state index contributed by atoms with van der Waals surface area (Å²) in [6.45, 7) is 6.62. The first kappa shape index (κ1) is 30.7. The molecule has 5 atom stereocenters. The van der Waals surface area contributed by atoms with Gasteiger partial charge in [0, 0.05) is 38.9 Å². The second kappa shape index (κ2) is 13.6. The zero-order valence-electron chi connectivity index (χ0n) is 23.8. The fraction of sp³-hybridized carbons (Fsp3) is 0.379. The Morgan fingerprint density at radius 2 is 1.52 bits per heavy atom. The van der Waals surface area contributed by atoms with Gasteiger partial charge < -0.3 is 24.3 Å². The van der Waals surface area contributed by atoms with Crippen LogP contribution in [-0.2, 0) is 38.1 Å². The molecule has 0 saturated carbocycles. The monoisotopic (exact) mass is 596 g/mol. The summed E-state index contributed by atoms with van der Waals surface area (Å²) in [5.74, 6) is -1.78. The maximum absolute atomic E-state index is 12.3. The van der Waals surface area contributed by atoms with Crippen LogP contribution in [0, 0.1) is 6.92 Å². The summed E-state index contributed by atoms with van der Waals surface area (Å²) < 4.78 is 24.5. The van der Waals surface area contributed by atoms with Crippen molar-refractivity contribution in [3.8, 4) is 17.1 Å². The van der Waals surface area contributed by atoms with Crippen molar-refractivity contribution in [2.75, 3.05) is 6.61 Å². The van der Waals surface area contributed by atoms with E-state index in [9.17, 15) is 19.2 Å². The van der Waals surface area contributed by atoms with Gasteiger partial charge in [-0.3, -0.25) is 23.7 Å². The number of nitrogens with zero attached hydrogens (tertiary/aromatic N) is 3. The summed E-state index contributed by atoms with van der Waals surface area (Å²) >= 11 is 1.12. The summed E-state index contributed by atoms with van der Waals surface area (Å²) in [4.78, 5) is 48.3. The van der Waals surface area contributed by atoms with Gasteiger partial charge in [0.2, 0.25) is 5.91 Å². The van der Waals surface area contributed by atoms with E-state index in [0.717, 1.165) is 28.6 Å². The van der Waals surface area contributed by atoms with Crippen LogP contribution in [0.2, 0.25) is 0 Å². The van der Waals surface area contributed by atoms with E-state index in [1.165, 1.54) is 27.7 Å². The number of ether oxygens (including phenoxy) is 4. The summed E-state index contributed by atoms with van der Waals surface area (Å²) in [7, 11) is 0. The van der Waals surface area contributed by atoms with Crippen molar-refractivity contribution in [2.24, 2.45) is 0 Å². The number of carbonyl (C=O) groups excluding carboxylic acids is 4. The van der Waals surface area contributed by atoms with Gasteiger partial charge in [0.1, 0.15) is 24.2 Å². The number of hydrogen-bond acceptors (Lipinski definition) is 11. The Hall–Kier alpha value is -4.23. The molecule has 1 aromatic heterocycles. The normalized spacial score (nSPS) is 21.7. The van der Waals surface area contributed by atoms with Gasteiger partial charge in [0.15, 0.2) is 23.2 Å². The number of hydrogen-bond donors (Lipinski definition) is 1. The number of aromatic nitrogens is 3. The summed E-state index contributed by atoms with van der Waals surface area (Å²) in [6.07, 6.45) is -3.39. The topological polar surface area (TPSA) is 148 Å². The minimum Gasteiger partial charge on any atom is -0.463 e. The lowest BCUT2D eigenvalue weighted by Gasteiger charge is -2.44. The molecule has 42 heavy (non-hydrogen) atoms. The maximum atomic E-state index is 12.3. The highest BCUT2D eigenvalue weighted by molar-refractivity contribution is 7.99. The van der Waals surface area contributed by atoms with Gasteiger partial charge in [-0.15, -0.1) is 10.2 Å². The Balaban J connectivity index is 1.80. The third kappa shape index (κ3) is 7.53. The molecule has 1 saturated heterocycles. The Morgan fingerprint density at radius 3 is 2.12 bits per heavy atom. The predicted octanol–water partition coefficient (Wildman–Crippen LogP) is 2.99. The van der Waals surface area contributed by atoms with Crippen LogP contribution in [0.1, 0.15) is 33.3 Å². The highest BCUT2D eigenvalue weighted by Crippen LogP contribution is 2.37. The molecule has 1 aliphatic heterocycles. The van der Waals surface area contributed by atoms with Gasteiger partial charge in [0.05, 0.1) is 0 Å². The molecule has 222 valence electrons. The lowest BCUT2D eigenvalue weighted by atomic mass is 9.97. The van der Waals surface area contributed by atoms with Crippen LogP contribution in [0.5, 0.6) is 0 Å². The minimum absolute atomic E-state index is 0.297. The third-order valence-corrected chi connectivity index (χ3v) is 7.36. The molecule has 1 fully saturated rings. The van der Waals surface area contributed by atoms with Gasteiger partial charge in [-0.2, -0.15) is 0 Å². The molecule has 0 bridgehead atoms. The highest BCUT2D eigenvalue weighted by atomic mass is 32.2. The highest BCUT2D eigenvalue weighted by Gasteiger charge is 2.51. The number of esters is 3. The molecular formula is C29H32N4O8S. The van der Waals surface area contributed by atoms with Crippen molar-refractivity contribution >= 4 is 35.6 Å². The molecule has 2 aromatic carbocycles. The van der Waals surface area contributed by atoms with Crippen molar-refractivity contribution in [1.82, 2.24) is 20.1 Å². The van der Waals surface area contributed by atoms with E-state index in [1.54, 1.807) is 0 Å². The van der Waals surface area contributed by atoms with Gasteiger partial charge in [-0.25, -0.2) is 0 Å². The standard InChI is InChI=1S/C29H32N4O8S/c1-16-11-13-21(14-12-16)27-31-32-29(33(27)22-9-7-6-8-10-22)42-28-24(30-17(2)34)26(40-20(5)37)25(39-19(4)36)23(41-28)15-38-18(3)35/h6-14,23-26,28H,15H2,1-5H3,(H,30,34). The maximum Gasteiger partial charge on any atom is 0.303 e. The number of benzene rings is 2. The molecule has 0 aliphatic carbocycles. The molecular weight excluding hydrogens is 564 g/mol. The minimum atomic E-state index is -1.19. The van der Waals surface area contributed by atoms with Gasteiger partial charge >= 0.3 is 17.9 Å². The Kier molecular flexibility index (Phi) is 9.96.